The Kier molecular flexibility index (Phi) is 4.92. The van der Waals surface area contributed by atoms with Gasteiger partial charge in [-0.2, -0.15) is 13.9 Å². The van der Waals surface area contributed by atoms with E-state index in [1.165, 1.54) is 44.1 Å². The standard InChI is InChI=1S/C24H32F2N6O/c1-12(2)32-20(8-19(29-32)13-4-21(33-24(25)26)23(27)28-9-13)22-17-6-14(7-18(17)22)31-11-15-5-16(31)10-30(15)3/h4,8-9,12,14-18,22,24H,5-7,10-11H2,1-3H3,(H2,27,28)/t14-,15-,16-,17+,18-,22-/m0/s1. The van der Waals surface area contributed by atoms with Gasteiger partial charge in [0.1, 0.15) is 0 Å². The molecule has 2 bridgehead atoms. The van der Waals surface area contributed by atoms with Crippen molar-refractivity contribution in [1.29, 1.82) is 0 Å². The number of hydrogen-bond donors (Lipinski definition) is 1. The largest absolute Gasteiger partial charge is 0.431 e. The molecule has 7 nitrogen and oxygen atoms in total. The molecule has 0 amide bonds. The van der Waals surface area contributed by atoms with Crippen LogP contribution in [0.2, 0.25) is 0 Å². The minimum absolute atomic E-state index is 0.0489. The van der Waals surface area contributed by atoms with E-state index >= 15 is 0 Å². The van der Waals surface area contributed by atoms with Gasteiger partial charge in [0.05, 0.1) is 5.69 Å². The number of alkyl halides is 2. The number of pyridine rings is 1. The zero-order chi connectivity index (χ0) is 23.0. The van der Waals surface area contributed by atoms with E-state index < -0.39 is 6.61 Å². The molecule has 6 rings (SSSR count). The highest BCUT2D eigenvalue weighted by atomic mass is 19.3. The average molecular weight is 459 g/mol. The Labute approximate surface area is 192 Å². The van der Waals surface area contributed by atoms with Gasteiger partial charge in [-0.25, -0.2) is 4.98 Å². The van der Waals surface area contributed by atoms with Gasteiger partial charge in [0.2, 0.25) is 0 Å². The summed E-state index contributed by atoms with van der Waals surface area (Å²) in [5, 5.41) is 4.83. The molecule has 4 aliphatic rings. The number of nitrogens with zero attached hydrogens (tertiary/aromatic N) is 5. The maximum absolute atomic E-state index is 12.7. The van der Waals surface area contributed by atoms with Crippen LogP contribution in [0.5, 0.6) is 5.75 Å². The zero-order valence-electron chi connectivity index (χ0n) is 19.4. The van der Waals surface area contributed by atoms with Gasteiger partial charge in [0, 0.05) is 60.6 Å². The first kappa shape index (κ1) is 21.3. The van der Waals surface area contributed by atoms with E-state index in [4.69, 9.17) is 10.8 Å². The van der Waals surface area contributed by atoms with Crippen LogP contribution in [-0.2, 0) is 0 Å². The monoisotopic (exact) mass is 458 g/mol. The van der Waals surface area contributed by atoms with Crippen molar-refractivity contribution in [1.82, 2.24) is 24.6 Å². The molecule has 4 heterocycles. The molecule has 2 aliphatic heterocycles. The Morgan fingerprint density at radius 2 is 1.82 bits per heavy atom. The SMILES string of the molecule is CC(C)n1nc(-c2cnc(N)c(OC(F)F)c2)cc1[C@H]1[C@@H]2C[C@H](N3C[C@@H]4C[C@H]3CN4C)C[C@@H]21. The third-order valence-electron chi connectivity index (χ3n) is 8.43. The lowest BCUT2D eigenvalue weighted by atomic mass is 10.0. The Balaban J connectivity index is 1.20. The molecule has 2 saturated heterocycles. The Morgan fingerprint density at radius 3 is 2.42 bits per heavy atom. The summed E-state index contributed by atoms with van der Waals surface area (Å²) in [4.78, 5) is 9.36. The van der Waals surface area contributed by atoms with Crippen LogP contribution in [0.4, 0.5) is 14.6 Å². The lowest BCUT2D eigenvalue weighted by Crippen LogP contribution is -2.48. The number of nitrogens with two attached hydrogens (primary N) is 1. The summed E-state index contributed by atoms with van der Waals surface area (Å²) < 4.78 is 32.1. The van der Waals surface area contributed by atoms with Crippen molar-refractivity contribution in [3.63, 3.8) is 0 Å². The number of anilines is 1. The summed E-state index contributed by atoms with van der Waals surface area (Å²) in [5.74, 6) is 1.81. The van der Waals surface area contributed by atoms with Crippen LogP contribution in [-0.4, -0.2) is 69.4 Å². The van der Waals surface area contributed by atoms with Crippen molar-refractivity contribution in [2.24, 2.45) is 11.8 Å². The third kappa shape index (κ3) is 3.51. The smallest absolute Gasteiger partial charge is 0.387 e. The van der Waals surface area contributed by atoms with Crippen LogP contribution in [0.3, 0.4) is 0 Å². The average Bonchev–Trinajstić information content (AvgIpc) is 3.29. The molecule has 0 unspecified atom stereocenters. The van der Waals surface area contributed by atoms with Crippen LogP contribution in [0.15, 0.2) is 18.3 Å². The quantitative estimate of drug-likeness (QED) is 0.713. The van der Waals surface area contributed by atoms with Crippen LogP contribution >= 0.6 is 0 Å². The number of rotatable bonds is 6. The number of hydrogen-bond acceptors (Lipinski definition) is 6. The fourth-order valence-electron chi connectivity index (χ4n) is 6.86. The number of piperazine rings is 1. The highest BCUT2D eigenvalue weighted by Gasteiger charge is 2.60. The number of likely N-dealkylation sites (N-methyl/N-ethyl adjacent to an activating group) is 1. The lowest BCUT2D eigenvalue weighted by Gasteiger charge is -2.37. The molecule has 2 saturated carbocycles. The van der Waals surface area contributed by atoms with Crippen molar-refractivity contribution in [3.05, 3.63) is 24.0 Å². The van der Waals surface area contributed by atoms with E-state index in [0.717, 1.165) is 35.7 Å². The highest BCUT2D eigenvalue weighted by molar-refractivity contribution is 5.64. The normalized spacial score (nSPS) is 33.4. The Morgan fingerprint density at radius 1 is 1.06 bits per heavy atom. The van der Waals surface area contributed by atoms with Gasteiger partial charge in [-0.05, 0) is 64.1 Å². The molecule has 2 aromatic heterocycles. The van der Waals surface area contributed by atoms with E-state index in [1.54, 1.807) is 6.20 Å². The molecule has 6 atom stereocenters. The summed E-state index contributed by atoms with van der Waals surface area (Å²) in [6.07, 6.45) is 5.46. The van der Waals surface area contributed by atoms with E-state index in [2.05, 4.69) is 51.2 Å². The number of likely N-dealkylation sites (tertiary alicyclic amines) is 2. The van der Waals surface area contributed by atoms with Gasteiger partial charge in [-0.1, -0.05) is 0 Å². The van der Waals surface area contributed by atoms with Gasteiger partial charge in [-0.15, -0.1) is 0 Å². The predicted octanol–water partition coefficient (Wildman–Crippen LogP) is 3.59. The van der Waals surface area contributed by atoms with Crippen molar-refractivity contribution >= 4 is 5.82 Å². The zero-order valence-corrected chi connectivity index (χ0v) is 19.4. The summed E-state index contributed by atoms with van der Waals surface area (Å²) in [6.45, 7) is 3.77. The summed E-state index contributed by atoms with van der Waals surface area (Å²) in [6, 6.07) is 6.06. The number of nitrogen functional groups attached to an aromatic ring is 1. The number of ether oxygens (including phenoxy) is 1. The maximum atomic E-state index is 12.7. The molecule has 2 aliphatic carbocycles. The second kappa shape index (κ2) is 7.63. The Bertz CT molecular complexity index is 1040. The summed E-state index contributed by atoms with van der Waals surface area (Å²) >= 11 is 0. The first-order valence-electron chi connectivity index (χ1n) is 12.1. The van der Waals surface area contributed by atoms with Crippen LogP contribution in [0, 0.1) is 11.8 Å². The molecule has 0 spiro atoms. The summed E-state index contributed by atoms with van der Waals surface area (Å²) in [5.41, 5.74) is 8.34. The number of aromatic nitrogens is 3. The molecule has 0 aromatic carbocycles. The van der Waals surface area contributed by atoms with E-state index in [0.29, 0.717) is 11.5 Å². The molecule has 178 valence electrons. The maximum Gasteiger partial charge on any atom is 0.387 e. The van der Waals surface area contributed by atoms with E-state index in [9.17, 15) is 8.78 Å². The van der Waals surface area contributed by atoms with Gasteiger partial charge >= 0.3 is 6.61 Å². The second-order valence-electron chi connectivity index (χ2n) is 10.6. The predicted molar refractivity (Wildman–Crippen MR) is 121 cm³/mol. The number of fused-ring (bicyclic) bond motifs is 3. The molecule has 2 aromatic rings. The van der Waals surface area contributed by atoms with Gasteiger partial charge in [0.15, 0.2) is 11.6 Å². The molecular formula is C24H32F2N6O. The third-order valence-corrected chi connectivity index (χ3v) is 8.43. The fraction of sp³-hybridized carbons (Fsp3) is 0.667. The number of halogens is 2. The topological polar surface area (TPSA) is 72.4 Å². The van der Waals surface area contributed by atoms with Gasteiger partial charge < -0.3 is 15.4 Å². The van der Waals surface area contributed by atoms with E-state index in [1.807, 2.05) is 0 Å². The van der Waals surface area contributed by atoms with E-state index in [-0.39, 0.29) is 17.6 Å². The molecular weight excluding hydrogens is 426 g/mol. The molecule has 9 heteroatoms. The minimum Gasteiger partial charge on any atom is -0.431 e. The van der Waals surface area contributed by atoms with Crippen molar-refractivity contribution < 1.29 is 13.5 Å². The van der Waals surface area contributed by atoms with Crippen molar-refractivity contribution in [2.75, 3.05) is 25.9 Å². The molecule has 0 radical (unpaired) electrons. The van der Waals surface area contributed by atoms with Crippen LogP contribution in [0.25, 0.3) is 11.3 Å². The lowest BCUT2D eigenvalue weighted by molar-refractivity contribution is -0.0494. The first-order chi connectivity index (χ1) is 15.8. The molecule has 4 fully saturated rings. The fourth-order valence-corrected chi connectivity index (χ4v) is 6.86. The minimum atomic E-state index is -2.95. The molecule has 33 heavy (non-hydrogen) atoms. The second-order valence-corrected chi connectivity index (χ2v) is 10.6. The first-order valence-corrected chi connectivity index (χ1v) is 12.1. The van der Waals surface area contributed by atoms with Gasteiger partial charge in [-0.3, -0.25) is 9.58 Å². The van der Waals surface area contributed by atoms with Crippen LogP contribution < -0.4 is 10.5 Å². The highest BCUT2D eigenvalue weighted by Crippen LogP contribution is 2.64. The summed E-state index contributed by atoms with van der Waals surface area (Å²) in [7, 11) is 2.26. The Hall–Kier alpha value is -2.26. The van der Waals surface area contributed by atoms with Gasteiger partial charge in [0.25, 0.3) is 0 Å². The molecule has 2 N–H and O–H groups in total. The van der Waals surface area contributed by atoms with Crippen molar-refractivity contribution in [3.8, 4) is 17.0 Å². The van der Waals surface area contributed by atoms with Crippen LogP contribution in [0.1, 0.15) is 50.8 Å². The van der Waals surface area contributed by atoms with Crippen molar-refractivity contribution in [2.45, 2.75) is 69.8 Å².